The van der Waals surface area contributed by atoms with Gasteiger partial charge in [0.25, 0.3) is 0 Å². The van der Waals surface area contributed by atoms with E-state index in [1.165, 1.54) is 31.7 Å². The van der Waals surface area contributed by atoms with E-state index in [0.717, 1.165) is 12.1 Å². The number of nitrogens with zero attached hydrogens (tertiary/aromatic N) is 1. The maximum absolute atomic E-state index is 13.7. The highest BCUT2D eigenvalue weighted by molar-refractivity contribution is 5.29. The molecule has 1 aliphatic carbocycles. The number of benzene rings is 1. The Morgan fingerprint density at radius 3 is 2.90 bits per heavy atom. The smallest absolute Gasteiger partial charge is 0.165 e. The topological polar surface area (TPSA) is 26.2 Å². The van der Waals surface area contributed by atoms with Crippen LogP contribution in [0, 0.1) is 5.82 Å². The second-order valence-corrected chi connectivity index (χ2v) is 5.25. The molecule has 2 aromatic rings. The molecule has 0 atom stereocenters. The fourth-order valence-electron chi connectivity index (χ4n) is 2.31. The first kappa shape index (κ1) is 13.2. The maximum Gasteiger partial charge on any atom is 0.165 e. The summed E-state index contributed by atoms with van der Waals surface area (Å²) >= 11 is 0. The van der Waals surface area contributed by atoms with E-state index >= 15 is 0 Å². The Morgan fingerprint density at radius 2 is 2.20 bits per heavy atom. The van der Waals surface area contributed by atoms with E-state index in [2.05, 4.69) is 16.0 Å². The van der Waals surface area contributed by atoms with Crippen LogP contribution in [0.2, 0.25) is 0 Å². The molecule has 3 rings (SSSR count). The summed E-state index contributed by atoms with van der Waals surface area (Å²) in [6.07, 6.45) is 4.60. The normalized spacial score (nSPS) is 14.5. The quantitative estimate of drug-likeness (QED) is 0.876. The molecule has 0 amide bonds. The van der Waals surface area contributed by atoms with Crippen molar-refractivity contribution in [1.29, 1.82) is 0 Å². The van der Waals surface area contributed by atoms with Gasteiger partial charge in [-0.25, -0.2) is 4.39 Å². The van der Waals surface area contributed by atoms with Crippen LogP contribution in [-0.4, -0.2) is 17.7 Å². The lowest BCUT2D eigenvalue weighted by molar-refractivity contribution is 0.386. The summed E-state index contributed by atoms with van der Waals surface area (Å²) in [6, 6.07) is 9.95. The van der Waals surface area contributed by atoms with Crippen molar-refractivity contribution >= 4 is 0 Å². The Balaban J connectivity index is 1.70. The Hall–Kier alpha value is -1.81. The number of aromatic nitrogens is 1. The molecule has 1 aliphatic rings. The van der Waals surface area contributed by atoms with Gasteiger partial charge in [-0.1, -0.05) is 6.07 Å². The van der Waals surface area contributed by atoms with E-state index in [9.17, 15) is 4.39 Å². The fraction of sp³-hybridized carbons (Fsp3) is 0.375. The van der Waals surface area contributed by atoms with Crippen molar-refractivity contribution < 1.29 is 9.13 Å². The predicted molar refractivity (Wildman–Crippen MR) is 76.3 cm³/mol. The van der Waals surface area contributed by atoms with Crippen LogP contribution in [0.3, 0.4) is 0 Å². The number of hydrogen-bond acceptors (Lipinski definition) is 2. The summed E-state index contributed by atoms with van der Waals surface area (Å²) in [7, 11) is 1.48. The first-order valence-corrected chi connectivity index (χ1v) is 6.96. The Morgan fingerprint density at radius 1 is 1.35 bits per heavy atom. The number of rotatable bonds is 6. The minimum absolute atomic E-state index is 0.289. The largest absolute Gasteiger partial charge is 0.494 e. The van der Waals surface area contributed by atoms with Gasteiger partial charge in [0.1, 0.15) is 0 Å². The highest BCUT2D eigenvalue weighted by Gasteiger charge is 2.20. The zero-order chi connectivity index (χ0) is 13.9. The van der Waals surface area contributed by atoms with Crippen molar-refractivity contribution in [3.8, 4) is 5.75 Å². The zero-order valence-corrected chi connectivity index (χ0v) is 11.6. The molecule has 4 heteroatoms. The van der Waals surface area contributed by atoms with Gasteiger partial charge in [0.05, 0.1) is 7.11 Å². The molecule has 1 aromatic carbocycles. The van der Waals surface area contributed by atoms with Crippen LogP contribution in [0.5, 0.6) is 5.75 Å². The first-order chi connectivity index (χ1) is 9.76. The molecule has 1 saturated carbocycles. The molecule has 1 fully saturated rings. The van der Waals surface area contributed by atoms with Crippen molar-refractivity contribution in [3.63, 3.8) is 0 Å². The van der Waals surface area contributed by atoms with Gasteiger partial charge >= 0.3 is 0 Å². The molecule has 0 aliphatic heterocycles. The van der Waals surface area contributed by atoms with Crippen LogP contribution in [0.4, 0.5) is 4.39 Å². The number of hydrogen-bond donors (Lipinski definition) is 1. The molecule has 1 aromatic heterocycles. The molecule has 0 spiro atoms. The van der Waals surface area contributed by atoms with Gasteiger partial charge in [0.15, 0.2) is 11.6 Å². The predicted octanol–water partition coefficient (Wildman–Crippen LogP) is 2.94. The lowest BCUT2D eigenvalue weighted by Gasteiger charge is -2.11. The van der Waals surface area contributed by atoms with Gasteiger partial charge in [0, 0.05) is 31.0 Å². The molecule has 0 radical (unpaired) electrons. The summed E-state index contributed by atoms with van der Waals surface area (Å²) in [4.78, 5) is 0. The van der Waals surface area contributed by atoms with E-state index in [1.54, 1.807) is 6.07 Å². The van der Waals surface area contributed by atoms with Crippen LogP contribution in [0.15, 0.2) is 36.5 Å². The first-order valence-electron chi connectivity index (χ1n) is 6.96. The van der Waals surface area contributed by atoms with Gasteiger partial charge in [-0.05, 0) is 42.7 Å². The van der Waals surface area contributed by atoms with Crippen molar-refractivity contribution in [2.75, 3.05) is 7.11 Å². The van der Waals surface area contributed by atoms with Gasteiger partial charge in [0.2, 0.25) is 0 Å². The van der Waals surface area contributed by atoms with Crippen LogP contribution in [-0.2, 0) is 13.1 Å². The number of ether oxygens (including phenoxy) is 1. The third-order valence-electron chi connectivity index (χ3n) is 3.64. The Kier molecular flexibility index (Phi) is 3.74. The summed E-state index contributed by atoms with van der Waals surface area (Å²) in [5.41, 5.74) is 2.17. The monoisotopic (exact) mass is 274 g/mol. The van der Waals surface area contributed by atoms with Crippen LogP contribution in [0.1, 0.15) is 24.1 Å². The van der Waals surface area contributed by atoms with Crippen molar-refractivity contribution in [1.82, 2.24) is 9.88 Å². The summed E-state index contributed by atoms with van der Waals surface area (Å²) in [5, 5.41) is 3.50. The van der Waals surface area contributed by atoms with Crippen LogP contribution < -0.4 is 10.1 Å². The standard InChI is InChI=1S/C16H19FN2O/c1-20-16-7-4-12(9-15(16)17)11-19-8-2-3-14(19)10-18-13-5-6-13/h2-4,7-9,13,18H,5-6,10-11H2,1H3. The molecular weight excluding hydrogens is 255 g/mol. The molecular formula is C16H19FN2O. The molecule has 1 heterocycles. The van der Waals surface area contributed by atoms with Gasteiger partial charge in [-0.2, -0.15) is 0 Å². The maximum atomic E-state index is 13.7. The zero-order valence-electron chi connectivity index (χ0n) is 11.6. The SMILES string of the molecule is COc1ccc(Cn2cccc2CNC2CC2)cc1F. The average molecular weight is 274 g/mol. The minimum atomic E-state index is -0.310. The number of halogens is 1. The second kappa shape index (κ2) is 5.67. The van der Waals surface area contributed by atoms with Gasteiger partial charge in [-0.15, -0.1) is 0 Å². The van der Waals surface area contributed by atoms with E-state index in [-0.39, 0.29) is 11.6 Å². The summed E-state index contributed by atoms with van der Waals surface area (Å²) < 4.78 is 20.8. The fourth-order valence-corrected chi connectivity index (χ4v) is 2.31. The molecule has 3 nitrogen and oxygen atoms in total. The van der Waals surface area contributed by atoms with Gasteiger partial charge in [-0.3, -0.25) is 0 Å². The van der Waals surface area contributed by atoms with E-state index in [4.69, 9.17) is 4.74 Å². The van der Waals surface area contributed by atoms with E-state index in [1.807, 2.05) is 18.3 Å². The van der Waals surface area contributed by atoms with E-state index < -0.39 is 0 Å². The highest BCUT2D eigenvalue weighted by Crippen LogP contribution is 2.21. The van der Waals surface area contributed by atoms with Crippen molar-refractivity contribution in [3.05, 3.63) is 53.6 Å². The third kappa shape index (κ3) is 3.02. The lowest BCUT2D eigenvalue weighted by Crippen LogP contribution is -2.18. The molecule has 106 valence electrons. The second-order valence-electron chi connectivity index (χ2n) is 5.25. The lowest BCUT2D eigenvalue weighted by atomic mass is 10.2. The number of methoxy groups -OCH3 is 1. The third-order valence-corrected chi connectivity index (χ3v) is 3.64. The van der Waals surface area contributed by atoms with E-state index in [0.29, 0.717) is 12.6 Å². The molecule has 0 saturated heterocycles. The van der Waals surface area contributed by atoms with Gasteiger partial charge < -0.3 is 14.6 Å². The van der Waals surface area contributed by atoms with Crippen molar-refractivity contribution in [2.45, 2.75) is 32.0 Å². The van der Waals surface area contributed by atoms with Crippen LogP contribution >= 0.6 is 0 Å². The molecule has 0 unspecified atom stereocenters. The molecule has 1 N–H and O–H groups in total. The average Bonchev–Trinajstić information content (AvgIpc) is 3.17. The summed E-state index contributed by atoms with van der Waals surface area (Å²) in [6.45, 7) is 1.55. The van der Waals surface area contributed by atoms with Crippen molar-refractivity contribution in [2.24, 2.45) is 0 Å². The molecule has 0 bridgehead atoms. The van der Waals surface area contributed by atoms with Crippen LogP contribution in [0.25, 0.3) is 0 Å². The Bertz CT molecular complexity index is 590. The molecule has 20 heavy (non-hydrogen) atoms. The Labute approximate surface area is 118 Å². The number of nitrogens with one attached hydrogen (secondary N) is 1. The highest BCUT2D eigenvalue weighted by atomic mass is 19.1. The minimum Gasteiger partial charge on any atom is -0.494 e. The summed E-state index contributed by atoms with van der Waals surface area (Å²) in [5.74, 6) is -0.0216.